The van der Waals surface area contributed by atoms with Gasteiger partial charge in [-0.3, -0.25) is 9.69 Å². The Labute approximate surface area is 203 Å². The number of carbonyl (C=O) groups is 1. The highest BCUT2D eigenvalue weighted by Crippen LogP contribution is 2.27. The summed E-state index contributed by atoms with van der Waals surface area (Å²) in [7, 11) is 0. The molecule has 0 saturated carbocycles. The van der Waals surface area contributed by atoms with Gasteiger partial charge in [-0.05, 0) is 59.9 Å². The molecule has 1 aliphatic heterocycles. The average Bonchev–Trinajstić information content (AvgIpc) is 2.84. The lowest BCUT2D eigenvalue weighted by atomic mass is 10.0. The minimum atomic E-state index is -0.154. The molecule has 178 valence electrons. The number of aryl methyl sites for hydroxylation is 1. The third kappa shape index (κ3) is 6.39. The molecule has 1 fully saturated rings. The van der Waals surface area contributed by atoms with Crippen molar-refractivity contribution < 1.29 is 9.53 Å². The Balaban J connectivity index is 1.26. The van der Waals surface area contributed by atoms with Gasteiger partial charge < -0.3 is 15.0 Å². The van der Waals surface area contributed by atoms with Crippen molar-refractivity contribution in [2.75, 3.05) is 43.0 Å². The molecule has 0 aliphatic carbocycles. The number of hydrogen-bond donors (Lipinski definition) is 1. The first kappa shape index (κ1) is 23.8. The third-order valence-electron chi connectivity index (χ3n) is 6.29. The van der Waals surface area contributed by atoms with E-state index < -0.39 is 0 Å². The SMILES string of the molecule is Cc1ccc(C(C)C)c(OCC(=O)Nc2ccc(N3CCN(Cc4ccccc4)CC3)cc2)c1. The molecule has 0 atom stereocenters. The van der Waals surface area contributed by atoms with Gasteiger partial charge in [0.2, 0.25) is 0 Å². The predicted octanol–water partition coefficient (Wildman–Crippen LogP) is 5.46. The van der Waals surface area contributed by atoms with Gasteiger partial charge in [0, 0.05) is 44.1 Å². The van der Waals surface area contributed by atoms with E-state index in [1.807, 2.05) is 25.1 Å². The fourth-order valence-electron chi connectivity index (χ4n) is 4.35. The maximum Gasteiger partial charge on any atom is 0.262 e. The van der Waals surface area contributed by atoms with Gasteiger partial charge in [0.1, 0.15) is 5.75 Å². The Morgan fingerprint density at radius 3 is 2.32 bits per heavy atom. The van der Waals surface area contributed by atoms with Gasteiger partial charge >= 0.3 is 0 Å². The molecule has 3 aromatic carbocycles. The van der Waals surface area contributed by atoms with Crippen LogP contribution in [0.1, 0.15) is 36.5 Å². The Bertz CT molecular complexity index is 1070. The van der Waals surface area contributed by atoms with Crippen LogP contribution in [0.15, 0.2) is 72.8 Å². The molecule has 0 bridgehead atoms. The van der Waals surface area contributed by atoms with Crippen LogP contribution in [-0.2, 0) is 11.3 Å². The first-order valence-corrected chi connectivity index (χ1v) is 12.1. The van der Waals surface area contributed by atoms with Crippen molar-refractivity contribution in [3.8, 4) is 5.75 Å². The minimum Gasteiger partial charge on any atom is -0.483 e. The summed E-state index contributed by atoms with van der Waals surface area (Å²) in [6, 6.07) is 24.9. The zero-order valence-electron chi connectivity index (χ0n) is 20.5. The zero-order valence-corrected chi connectivity index (χ0v) is 20.5. The van der Waals surface area contributed by atoms with Crippen LogP contribution in [0.5, 0.6) is 5.75 Å². The first-order chi connectivity index (χ1) is 16.5. The number of nitrogens with zero attached hydrogens (tertiary/aromatic N) is 2. The van der Waals surface area contributed by atoms with E-state index in [0.717, 1.165) is 55.3 Å². The quantitative estimate of drug-likeness (QED) is 0.488. The van der Waals surface area contributed by atoms with Crippen LogP contribution < -0.4 is 15.0 Å². The van der Waals surface area contributed by atoms with E-state index in [1.54, 1.807) is 0 Å². The van der Waals surface area contributed by atoms with Crippen LogP contribution >= 0.6 is 0 Å². The Kier molecular flexibility index (Phi) is 7.86. The molecule has 34 heavy (non-hydrogen) atoms. The normalized spacial score (nSPS) is 14.3. The van der Waals surface area contributed by atoms with E-state index >= 15 is 0 Å². The van der Waals surface area contributed by atoms with Gasteiger partial charge in [0.25, 0.3) is 5.91 Å². The molecule has 1 amide bonds. The van der Waals surface area contributed by atoms with Crippen LogP contribution in [0, 0.1) is 6.92 Å². The summed E-state index contributed by atoms with van der Waals surface area (Å²) in [5.74, 6) is 0.969. The standard InChI is InChI=1S/C29H35N3O2/c1-22(2)27-14-9-23(3)19-28(27)34-21-29(33)30-25-10-12-26(13-11-25)32-17-15-31(16-18-32)20-24-7-5-4-6-8-24/h4-14,19,22H,15-18,20-21H2,1-3H3,(H,30,33). The number of piperazine rings is 1. The number of carbonyl (C=O) groups excluding carboxylic acids is 1. The van der Waals surface area contributed by atoms with Crippen molar-refractivity contribution in [3.63, 3.8) is 0 Å². The highest BCUT2D eigenvalue weighted by atomic mass is 16.5. The number of rotatable bonds is 8. The van der Waals surface area contributed by atoms with Gasteiger partial charge in [-0.2, -0.15) is 0 Å². The molecular formula is C29H35N3O2. The largest absolute Gasteiger partial charge is 0.483 e. The summed E-state index contributed by atoms with van der Waals surface area (Å²) in [5, 5.41) is 2.95. The number of amides is 1. The van der Waals surface area contributed by atoms with Crippen molar-refractivity contribution in [3.05, 3.63) is 89.5 Å². The second-order valence-electron chi connectivity index (χ2n) is 9.33. The highest BCUT2D eigenvalue weighted by Gasteiger charge is 2.17. The molecule has 1 saturated heterocycles. The predicted molar refractivity (Wildman–Crippen MR) is 140 cm³/mol. The van der Waals surface area contributed by atoms with Crippen molar-refractivity contribution >= 4 is 17.3 Å². The number of anilines is 2. The summed E-state index contributed by atoms with van der Waals surface area (Å²) >= 11 is 0. The van der Waals surface area contributed by atoms with Crippen molar-refractivity contribution in [1.29, 1.82) is 0 Å². The Hall–Kier alpha value is -3.31. The summed E-state index contributed by atoms with van der Waals surface area (Å²) in [4.78, 5) is 17.4. The molecule has 1 N–H and O–H groups in total. The zero-order chi connectivity index (χ0) is 23.9. The molecular weight excluding hydrogens is 422 g/mol. The lowest BCUT2D eigenvalue weighted by Crippen LogP contribution is -2.45. The summed E-state index contributed by atoms with van der Waals surface area (Å²) < 4.78 is 5.86. The molecule has 1 heterocycles. The second kappa shape index (κ2) is 11.2. The van der Waals surface area contributed by atoms with Crippen LogP contribution in [0.2, 0.25) is 0 Å². The van der Waals surface area contributed by atoms with E-state index in [2.05, 4.69) is 83.6 Å². The fourth-order valence-corrected chi connectivity index (χ4v) is 4.35. The van der Waals surface area contributed by atoms with Crippen LogP contribution in [-0.4, -0.2) is 43.6 Å². The molecule has 1 aliphatic rings. The molecule has 5 nitrogen and oxygen atoms in total. The van der Waals surface area contributed by atoms with Crippen LogP contribution in [0.3, 0.4) is 0 Å². The van der Waals surface area contributed by atoms with E-state index in [4.69, 9.17) is 4.74 Å². The third-order valence-corrected chi connectivity index (χ3v) is 6.29. The number of nitrogens with one attached hydrogen (secondary N) is 1. The van der Waals surface area contributed by atoms with Gasteiger partial charge in [-0.25, -0.2) is 0 Å². The lowest BCUT2D eigenvalue weighted by molar-refractivity contribution is -0.118. The number of ether oxygens (including phenoxy) is 1. The molecule has 0 aromatic heterocycles. The maximum absolute atomic E-state index is 12.5. The van der Waals surface area contributed by atoms with Gasteiger partial charge in [0.15, 0.2) is 6.61 Å². The van der Waals surface area contributed by atoms with Crippen LogP contribution in [0.4, 0.5) is 11.4 Å². The Morgan fingerprint density at radius 1 is 0.941 bits per heavy atom. The Morgan fingerprint density at radius 2 is 1.65 bits per heavy atom. The monoisotopic (exact) mass is 457 g/mol. The first-order valence-electron chi connectivity index (χ1n) is 12.1. The van der Waals surface area contributed by atoms with E-state index in [9.17, 15) is 4.79 Å². The summed E-state index contributed by atoms with van der Waals surface area (Å²) in [5.41, 5.74) is 5.58. The van der Waals surface area contributed by atoms with Gasteiger partial charge in [-0.1, -0.05) is 56.3 Å². The molecule has 0 spiro atoms. The van der Waals surface area contributed by atoms with Crippen molar-refractivity contribution in [1.82, 2.24) is 4.90 Å². The summed E-state index contributed by atoms with van der Waals surface area (Å²) in [6.07, 6.45) is 0. The maximum atomic E-state index is 12.5. The minimum absolute atomic E-state index is 0.00566. The summed E-state index contributed by atoms with van der Waals surface area (Å²) in [6.45, 7) is 11.4. The molecule has 0 unspecified atom stereocenters. The van der Waals surface area contributed by atoms with E-state index in [0.29, 0.717) is 5.92 Å². The smallest absolute Gasteiger partial charge is 0.262 e. The van der Waals surface area contributed by atoms with E-state index in [-0.39, 0.29) is 12.5 Å². The fraction of sp³-hybridized carbons (Fsp3) is 0.345. The molecule has 5 heteroatoms. The van der Waals surface area contributed by atoms with Gasteiger partial charge in [-0.15, -0.1) is 0 Å². The second-order valence-corrected chi connectivity index (χ2v) is 9.33. The lowest BCUT2D eigenvalue weighted by Gasteiger charge is -2.36. The van der Waals surface area contributed by atoms with Crippen LogP contribution in [0.25, 0.3) is 0 Å². The molecule has 0 radical (unpaired) electrons. The topological polar surface area (TPSA) is 44.8 Å². The van der Waals surface area contributed by atoms with E-state index in [1.165, 1.54) is 11.3 Å². The van der Waals surface area contributed by atoms with Gasteiger partial charge in [0.05, 0.1) is 0 Å². The average molecular weight is 458 g/mol. The number of benzene rings is 3. The van der Waals surface area contributed by atoms with Crippen molar-refractivity contribution in [2.24, 2.45) is 0 Å². The molecule has 3 aromatic rings. The number of hydrogen-bond acceptors (Lipinski definition) is 4. The van der Waals surface area contributed by atoms with Crippen molar-refractivity contribution in [2.45, 2.75) is 33.2 Å². The molecule has 4 rings (SSSR count). The highest BCUT2D eigenvalue weighted by molar-refractivity contribution is 5.92.